The number of rotatable bonds is 5. The van der Waals surface area contributed by atoms with Gasteiger partial charge in [-0.25, -0.2) is 9.67 Å². The van der Waals surface area contributed by atoms with Gasteiger partial charge < -0.3 is 9.88 Å². The van der Waals surface area contributed by atoms with Crippen LogP contribution >= 0.6 is 0 Å². The summed E-state index contributed by atoms with van der Waals surface area (Å²) in [4.78, 5) is 41.1. The molecule has 1 aromatic carbocycles. The number of hydrogen-bond donors (Lipinski definition) is 1. The third kappa shape index (κ3) is 4.54. The quantitative estimate of drug-likeness (QED) is 0.506. The van der Waals surface area contributed by atoms with E-state index in [0.29, 0.717) is 31.7 Å². The van der Waals surface area contributed by atoms with E-state index in [1.165, 1.54) is 4.68 Å². The van der Waals surface area contributed by atoms with E-state index in [-0.39, 0.29) is 11.5 Å². The average Bonchev–Trinajstić information content (AvgIpc) is 3.23. The number of nitrogens with one attached hydrogen (secondary N) is 1. The first-order valence-corrected chi connectivity index (χ1v) is 11.0. The molecule has 9 nitrogen and oxygen atoms in total. The number of pyridine rings is 1. The lowest BCUT2D eigenvalue weighted by Crippen LogP contribution is -2.49. The first-order valence-electron chi connectivity index (χ1n) is 11.0. The molecule has 9 heteroatoms. The van der Waals surface area contributed by atoms with Gasteiger partial charge >= 0.3 is 0 Å². The lowest BCUT2D eigenvalue weighted by Gasteiger charge is -2.34. The zero-order valence-corrected chi connectivity index (χ0v) is 18.4. The van der Waals surface area contributed by atoms with Crippen LogP contribution in [0.3, 0.4) is 0 Å². The van der Waals surface area contributed by atoms with Gasteiger partial charge in [-0.1, -0.05) is 0 Å². The summed E-state index contributed by atoms with van der Waals surface area (Å²) in [6, 6.07) is 12.6. The molecule has 0 unspecified atom stereocenters. The van der Waals surface area contributed by atoms with Crippen LogP contribution in [-0.4, -0.2) is 73.2 Å². The average molecular weight is 444 g/mol. The number of piperazine rings is 1. The highest BCUT2D eigenvalue weighted by Gasteiger charge is 2.22. The second-order valence-corrected chi connectivity index (χ2v) is 8.21. The van der Waals surface area contributed by atoms with Gasteiger partial charge in [0.05, 0.1) is 23.3 Å². The van der Waals surface area contributed by atoms with Crippen molar-refractivity contribution in [2.45, 2.75) is 13.5 Å². The summed E-state index contributed by atoms with van der Waals surface area (Å²) in [6.45, 7) is 5.91. The molecular formula is C24H25N7O2. The van der Waals surface area contributed by atoms with Crippen LogP contribution in [0.15, 0.2) is 59.7 Å². The van der Waals surface area contributed by atoms with Crippen LogP contribution in [0.2, 0.25) is 0 Å². The molecule has 1 fully saturated rings. The SMILES string of the molecule is Cc1nc2ccc(C(=O)N3CCN(CCn4nc(-c5cccnc5)ccc4=O)CC3)cc2[nH]1. The van der Waals surface area contributed by atoms with Crippen molar-refractivity contribution >= 4 is 16.9 Å². The van der Waals surface area contributed by atoms with Gasteiger partial charge in [-0.15, -0.1) is 0 Å². The molecule has 0 aliphatic carbocycles. The number of benzene rings is 1. The van der Waals surface area contributed by atoms with Crippen LogP contribution < -0.4 is 5.56 Å². The van der Waals surface area contributed by atoms with E-state index in [1.807, 2.05) is 42.2 Å². The highest BCUT2D eigenvalue weighted by molar-refractivity contribution is 5.97. The van der Waals surface area contributed by atoms with Crippen LogP contribution in [0.5, 0.6) is 0 Å². The summed E-state index contributed by atoms with van der Waals surface area (Å²) in [5, 5.41) is 4.50. The Bertz CT molecular complexity index is 1340. The molecule has 1 aliphatic rings. The molecule has 1 saturated heterocycles. The number of carbonyl (C=O) groups is 1. The molecule has 0 saturated carbocycles. The van der Waals surface area contributed by atoms with Crippen LogP contribution in [0.4, 0.5) is 0 Å². The molecular weight excluding hydrogens is 418 g/mol. The van der Waals surface area contributed by atoms with E-state index in [2.05, 4.69) is 25.0 Å². The number of hydrogen-bond acceptors (Lipinski definition) is 6. The summed E-state index contributed by atoms with van der Waals surface area (Å²) in [7, 11) is 0. The number of aromatic nitrogens is 5. The molecule has 0 atom stereocenters. The summed E-state index contributed by atoms with van der Waals surface area (Å²) < 4.78 is 1.50. The maximum atomic E-state index is 13.0. The van der Waals surface area contributed by atoms with Crippen molar-refractivity contribution in [1.82, 2.24) is 34.5 Å². The Kier molecular flexibility index (Phi) is 5.70. The Morgan fingerprint density at radius 1 is 1.06 bits per heavy atom. The van der Waals surface area contributed by atoms with E-state index >= 15 is 0 Å². The van der Waals surface area contributed by atoms with E-state index in [9.17, 15) is 9.59 Å². The minimum atomic E-state index is -0.124. The number of aromatic amines is 1. The molecule has 0 spiro atoms. The van der Waals surface area contributed by atoms with Gasteiger partial charge in [0.1, 0.15) is 5.82 Å². The zero-order chi connectivity index (χ0) is 22.8. The van der Waals surface area contributed by atoms with E-state index < -0.39 is 0 Å². The van der Waals surface area contributed by atoms with Gasteiger partial charge in [-0.2, -0.15) is 5.10 Å². The normalized spacial score (nSPS) is 14.6. The third-order valence-corrected chi connectivity index (χ3v) is 5.96. The molecule has 0 bridgehead atoms. The number of fused-ring (bicyclic) bond motifs is 1. The molecule has 3 aromatic heterocycles. The van der Waals surface area contributed by atoms with E-state index in [1.54, 1.807) is 24.5 Å². The molecule has 1 amide bonds. The fraction of sp³-hybridized carbons (Fsp3) is 0.292. The molecule has 1 N–H and O–H groups in total. The number of aryl methyl sites for hydroxylation is 1. The molecule has 4 heterocycles. The molecule has 0 radical (unpaired) electrons. The fourth-order valence-electron chi connectivity index (χ4n) is 4.14. The number of carbonyl (C=O) groups excluding carboxylic acids is 1. The van der Waals surface area contributed by atoms with Gasteiger partial charge in [0.15, 0.2) is 0 Å². The Labute approximate surface area is 190 Å². The van der Waals surface area contributed by atoms with Crippen molar-refractivity contribution in [3.8, 4) is 11.3 Å². The Morgan fingerprint density at radius 2 is 1.91 bits per heavy atom. The maximum absolute atomic E-state index is 13.0. The summed E-state index contributed by atoms with van der Waals surface area (Å²) in [6.07, 6.45) is 3.44. The molecule has 1 aliphatic heterocycles. The summed E-state index contributed by atoms with van der Waals surface area (Å²) in [5.74, 6) is 0.869. The zero-order valence-electron chi connectivity index (χ0n) is 18.4. The summed E-state index contributed by atoms with van der Waals surface area (Å²) >= 11 is 0. The number of nitrogens with zero attached hydrogens (tertiary/aromatic N) is 6. The van der Waals surface area contributed by atoms with Gasteiger partial charge in [-0.3, -0.25) is 19.5 Å². The minimum Gasteiger partial charge on any atom is -0.342 e. The van der Waals surface area contributed by atoms with Gasteiger partial charge in [-0.05, 0) is 43.3 Å². The number of imidazole rings is 1. The monoisotopic (exact) mass is 443 g/mol. The van der Waals surface area contributed by atoms with Gasteiger partial charge in [0, 0.05) is 62.3 Å². The van der Waals surface area contributed by atoms with Crippen LogP contribution in [0, 0.1) is 6.92 Å². The molecule has 5 rings (SSSR count). The Balaban J connectivity index is 1.19. The molecule has 168 valence electrons. The van der Waals surface area contributed by atoms with E-state index in [0.717, 1.165) is 41.2 Å². The summed E-state index contributed by atoms with van der Waals surface area (Å²) in [5.41, 5.74) is 3.89. The Morgan fingerprint density at radius 3 is 2.70 bits per heavy atom. The van der Waals surface area contributed by atoms with Crippen molar-refractivity contribution in [3.63, 3.8) is 0 Å². The lowest BCUT2D eigenvalue weighted by molar-refractivity contribution is 0.0631. The minimum absolute atomic E-state index is 0.0332. The second kappa shape index (κ2) is 8.95. The van der Waals surface area contributed by atoms with Crippen molar-refractivity contribution in [3.05, 3.63) is 76.6 Å². The molecule has 33 heavy (non-hydrogen) atoms. The van der Waals surface area contributed by atoms with Crippen LogP contribution in [-0.2, 0) is 6.54 Å². The highest BCUT2D eigenvalue weighted by atomic mass is 16.2. The lowest BCUT2D eigenvalue weighted by atomic mass is 10.1. The number of amides is 1. The third-order valence-electron chi connectivity index (χ3n) is 5.96. The van der Waals surface area contributed by atoms with E-state index in [4.69, 9.17) is 0 Å². The highest BCUT2D eigenvalue weighted by Crippen LogP contribution is 2.16. The predicted molar refractivity (Wildman–Crippen MR) is 125 cm³/mol. The second-order valence-electron chi connectivity index (χ2n) is 8.21. The van der Waals surface area contributed by atoms with Crippen LogP contribution in [0.1, 0.15) is 16.2 Å². The number of H-pyrrole nitrogens is 1. The molecule has 4 aromatic rings. The largest absolute Gasteiger partial charge is 0.342 e. The van der Waals surface area contributed by atoms with Crippen LogP contribution in [0.25, 0.3) is 22.3 Å². The van der Waals surface area contributed by atoms with Crippen molar-refractivity contribution in [2.24, 2.45) is 0 Å². The Hall–Kier alpha value is -3.85. The topological polar surface area (TPSA) is 100 Å². The standard InChI is InChI=1S/C24H25N7O2/c1-17-26-21-5-4-18(15-22(21)27-17)24(33)30-12-9-29(10-13-30)11-14-31-23(32)7-6-20(28-31)19-3-2-8-25-16-19/h2-8,15-16H,9-14H2,1H3,(H,26,27). The van der Waals surface area contributed by atoms with Crippen molar-refractivity contribution in [2.75, 3.05) is 32.7 Å². The first kappa shape index (κ1) is 21.0. The predicted octanol–water partition coefficient (Wildman–Crippen LogP) is 1.95. The fourth-order valence-corrected chi connectivity index (χ4v) is 4.14. The van der Waals surface area contributed by atoms with Gasteiger partial charge in [0.2, 0.25) is 0 Å². The van der Waals surface area contributed by atoms with Crippen molar-refractivity contribution in [1.29, 1.82) is 0 Å². The van der Waals surface area contributed by atoms with Crippen molar-refractivity contribution < 1.29 is 4.79 Å². The maximum Gasteiger partial charge on any atom is 0.266 e. The smallest absolute Gasteiger partial charge is 0.266 e. The van der Waals surface area contributed by atoms with Gasteiger partial charge in [0.25, 0.3) is 11.5 Å². The first-order chi connectivity index (χ1) is 16.1.